The molecule has 0 aliphatic heterocycles. The highest BCUT2D eigenvalue weighted by molar-refractivity contribution is 7.92. The van der Waals surface area contributed by atoms with Gasteiger partial charge in [0.05, 0.1) is 22.8 Å². The van der Waals surface area contributed by atoms with E-state index in [-0.39, 0.29) is 16.1 Å². The standard InChI is InChI=1S/C22H22N2O4S/c1-16-10-12-19(13-11-16)29(26,27)24-21-9-4-3-8-20(21)22(25)23-18-7-5-6-17(14-18)15-28-2/h3-14,24H,15H2,1-2H3,(H,23,25). The number of sulfonamides is 1. The summed E-state index contributed by atoms with van der Waals surface area (Å²) in [6.07, 6.45) is 0. The number of amides is 1. The van der Waals surface area contributed by atoms with Crippen LogP contribution in [0.4, 0.5) is 11.4 Å². The minimum Gasteiger partial charge on any atom is -0.380 e. The van der Waals surface area contributed by atoms with Gasteiger partial charge in [0, 0.05) is 12.8 Å². The number of aryl methyl sites for hydroxylation is 1. The van der Waals surface area contributed by atoms with E-state index < -0.39 is 15.9 Å². The van der Waals surface area contributed by atoms with Crippen molar-refractivity contribution in [3.63, 3.8) is 0 Å². The number of rotatable bonds is 7. The SMILES string of the molecule is COCc1cccc(NC(=O)c2ccccc2NS(=O)(=O)c2ccc(C)cc2)c1. The summed E-state index contributed by atoms with van der Waals surface area (Å²) in [5.74, 6) is -0.415. The van der Waals surface area contributed by atoms with Crippen molar-refractivity contribution in [2.24, 2.45) is 0 Å². The summed E-state index contributed by atoms with van der Waals surface area (Å²) >= 11 is 0. The molecule has 0 saturated heterocycles. The van der Waals surface area contributed by atoms with E-state index in [1.54, 1.807) is 55.6 Å². The van der Waals surface area contributed by atoms with Crippen molar-refractivity contribution in [2.75, 3.05) is 17.1 Å². The van der Waals surface area contributed by atoms with Crippen LogP contribution in [0.3, 0.4) is 0 Å². The first-order chi connectivity index (χ1) is 13.9. The summed E-state index contributed by atoms with van der Waals surface area (Å²) in [4.78, 5) is 12.9. The summed E-state index contributed by atoms with van der Waals surface area (Å²) < 4.78 is 33.0. The predicted molar refractivity (Wildman–Crippen MR) is 114 cm³/mol. The number of methoxy groups -OCH3 is 1. The second-order valence-corrected chi connectivity index (χ2v) is 8.23. The highest BCUT2D eigenvalue weighted by Gasteiger charge is 2.18. The Balaban J connectivity index is 1.84. The number of anilines is 2. The van der Waals surface area contributed by atoms with Gasteiger partial charge in [-0.1, -0.05) is 42.0 Å². The minimum atomic E-state index is -3.82. The minimum absolute atomic E-state index is 0.130. The van der Waals surface area contributed by atoms with Gasteiger partial charge in [-0.2, -0.15) is 0 Å². The van der Waals surface area contributed by atoms with Gasteiger partial charge >= 0.3 is 0 Å². The number of benzene rings is 3. The van der Waals surface area contributed by atoms with E-state index >= 15 is 0 Å². The van der Waals surface area contributed by atoms with Gasteiger partial charge in [0.15, 0.2) is 0 Å². The number of ether oxygens (including phenoxy) is 1. The molecule has 0 heterocycles. The number of nitrogens with one attached hydrogen (secondary N) is 2. The molecule has 0 radical (unpaired) electrons. The molecule has 0 aliphatic carbocycles. The molecule has 0 aliphatic rings. The van der Waals surface area contributed by atoms with Crippen LogP contribution in [0.1, 0.15) is 21.5 Å². The number of carbonyl (C=O) groups is 1. The van der Waals surface area contributed by atoms with Crippen molar-refractivity contribution in [1.82, 2.24) is 0 Å². The van der Waals surface area contributed by atoms with Gasteiger partial charge in [0.25, 0.3) is 15.9 Å². The van der Waals surface area contributed by atoms with Crippen molar-refractivity contribution < 1.29 is 17.9 Å². The van der Waals surface area contributed by atoms with Crippen LogP contribution < -0.4 is 10.0 Å². The lowest BCUT2D eigenvalue weighted by Crippen LogP contribution is -2.18. The molecule has 6 nitrogen and oxygen atoms in total. The number of para-hydroxylation sites is 1. The van der Waals surface area contributed by atoms with Crippen LogP contribution in [-0.4, -0.2) is 21.4 Å². The van der Waals surface area contributed by atoms with Gasteiger partial charge in [-0.25, -0.2) is 8.42 Å². The van der Waals surface area contributed by atoms with Crippen molar-refractivity contribution >= 4 is 27.3 Å². The first kappa shape index (κ1) is 20.6. The first-order valence-electron chi connectivity index (χ1n) is 8.97. The fourth-order valence-electron chi connectivity index (χ4n) is 2.80. The first-order valence-corrected chi connectivity index (χ1v) is 10.4. The molecule has 0 spiro atoms. The van der Waals surface area contributed by atoms with E-state index in [2.05, 4.69) is 10.0 Å². The molecule has 2 N–H and O–H groups in total. The van der Waals surface area contributed by atoms with Crippen LogP contribution in [-0.2, 0) is 21.4 Å². The predicted octanol–water partition coefficient (Wildman–Crippen LogP) is 4.19. The lowest BCUT2D eigenvalue weighted by atomic mass is 10.1. The van der Waals surface area contributed by atoms with Crippen molar-refractivity contribution in [1.29, 1.82) is 0 Å². The van der Waals surface area contributed by atoms with Gasteiger partial charge in [-0.3, -0.25) is 9.52 Å². The van der Waals surface area contributed by atoms with Crippen molar-refractivity contribution in [3.05, 3.63) is 89.5 Å². The fraction of sp³-hybridized carbons (Fsp3) is 0.136. The van der Waals surface area contributed by atoms with E-state index in [0.717, 1.165) is 11.1 Å². The van der Waals surface area contributed by atoms with Crippen LogP contribution >= 0.6 is 0 Å². The third-order valence-electron chi connectivity index (χ3n) is 4.24. The molecular formula is C22H22N2O4S. The highest BCUT2D eigenvalue weighted by atomic mass is 32.2. The molecular weight excluding hydrogens is 388 g/mol. The Hall–Kier alpha value is -3.16. The van der Waals surface area contributed by atoms with Crippen molar-refractivity contribution in [2.45, 2.75) is 18.4 Å². The van der Waals surface area contributed by atoms with Crippen LogP contribution in [0.5, 0.6) is 0 Å². The summed E-state index contributed by atoms with van der Waals surface area (Å²) in [5.41, 5.74) is 2.90. The molecule has 0 aromatic heterocycles. The van der Waals surface area contributed by atoms with E-state index in [4.69, 9.17) is 4.74 Å². The smallest absolute Gasteiger partial charge is 0.261 e. The van der Waals surface area contributed by atoms with Gasteiger partial charge < -0.3 is 10.1 Å². The third kappa shape index (κ3) is 5.22. The molecule has 3 rings (SSSR count). The Bertz CT molecular complexity index is 1110. The number of hydrogen-bond acceptors (Lipinski definition) is 4. The Morgan fingerprint density at radius 2 is 1.69 bits per heavy atom. The average molecular weight is 410 g/mol. The van der Waals surface area contributed by atoms with E-state index in [1.165, 1.54) is 12.1 Å². The van der Waals surface area contributed by atoms with Gasteiger partial charge in [0.1, 0.15) is 0 Å². The number of carbonyl (C=O) groups excluding carboxylic acids is 1. The summed E-state index contributed by atoms with van der Waals surface area (Å²) in [5, 5.41) is 2.80. The Morgan fingerprint density at radius 3 is 2.41 bits per heavy atom. The van der Waals surface area contributed by atoms with E-state index in [1.807, 2.05) is 19.1 Å². The van der Waals surface area contributed by atoms with Gasteiger partial charge in [-0.15, -0.1) is 0 Å². The van der Waals surface area contributed by atoms with Crippen LogP contribution in [0.15, 0.2) is 77.7 Å². The molecule has 0 atom stereocenters. The maximum absolute atomic E-state index is 12.8. The van der Waals surface area contributed by atoms with Gasteiger partial charge in [-0.05, 0) is 48.9 Å². The molecule has 3 aromatic rings. The molecule has 0 saturated carbocycles. The maximum Gasteiger partial charge on any atom is 0.261 e. The number of hydrogen-bond donors (Lipinski definition) is 2. The monoisotopic (exact) mass is 410 g/mol. The lowest BCUT2D eigenvalue weighted by molar-refractivity contribution is 0.102. The van der Waals surface area contributed by atoms with Crippen LogP contribution in [0.25, 0.3) is 0 Å². The second kappa shape index (κ2) is 8.89. The molecule has 7 heteroatoms. The van der Waals surface area contributed by atoms with Crippen LogP contribution in [0, 0.1) is 6.92 Å². The van der Waals surface area contributed by atoms with E-state index in [0.29, 0.717) is 12.3 Å². The fourth-order valence-corrected chi connectivity index (χ4v) is 3.87. The Labute approximate surface area is 170 Å². The van der Waals surface area contributed by atoms with E-state index in [9.17, 15) is 13.2 Å². The molecule has 0 bridgehead atoms. The summed E-state index contributed by atoms with van der Waals surface area (Å²) in [6, 6.07) is 20.3. The molecule has 0 unspecified atom stereocenters. The molecule has 1 amide bonds. The Kier molecular flexibility index (Phi) is 6.31. The highest BCUT2D eigenvalue weighted by Crippen LogP contribution is 2.22. The molecule has 0 fully saturated rings. The maximum atomic E-state index is 12.8. The molecule has 29 heavy (non-hydrogen) atoms. The zero-order valence-electron chi connectivity index (χ0n) is 16.2. The zero-order valence-corrected chi connectivity index (χ0v) is 17.0. The normalized spacial score (nSPS) is 11.1. The quantitative estimate of drug-likeness (QED) is 0.612. The topological polar surface area (TPSA) is 84.5 Å². The van der Waals surface area contributed by atoms with Crippen LogP contribution in [0.2, 0.25) is 0 Å². The summed E-state index contributed by atoms with van der Waals surface area (Å²) in [7, 11) is -2.22. The second-order valence-electron chi connectivity index (χ2n) is 6.55. The molecule has 150 valence electrons. The Morgan fingerprint density at radius 1 is 0.966 bits per heavy atom. The van der Waals surface area contributed by atoms with Crippen molar-refractivity contribution in [3.8, 4) is 0 Å². The summed E-state index contributed by atoms with van der Waals surface area (Å²) in [6.45, 7) is 2.31. The third-order valence-corrected chi connectivity index (χ3v) is 5.62. The lowest BCUT2D eigenvalue weighted by Gasteiger charge is -2.13. The van der Waals surface area contributed by atoms with Gasteiger partial charge in [0.2, 0.25) is 0 Å². The largest absolute Gasteiger partial charge is 0.380 e. The molecule has 3 aromatic carbocycles. The average Bonchev–Trinajstić information content (AvgIpc) is 2.69. The zero-order chi connectivity index (χ0) is 20.9.